The van der Waals surface area contributed by atoms with Crippen LogP contribution in [-0.4, -0.2) is 21.0 Å². The van der Waals surface area contributed by atoms with E-state index in [2.05, 4.69) is 9.97 Å². The van der Waals surface area contributed by atoms with Crippen molar-refractivity contribution in [3.63, 3.8) is 0 Å². The fourth-order valence-corrected chi connectivity index (χ4v) is 3.00. The molecule has 0 radical (unpaired) electrons. The molecule has 0 saturated heterocycles. The van der Waals surface area contributed by atoms with Crippen LogP contribution in [0.25, 0.3) is 0 Å². The van der Waals surface area contributed by atoms with Crippen molar-refractivity contribution >= 4 is 17.6 Å². The van der Waals surface area contributed by atoms with E-state index in [1.165, 1.54) is 18.3 Å². The molecule has 2 aromatic carbocycles. The van der Waals surface area contributed by atoms with Gasteiger partial charge in [-0.2, -0.15) is 4.98 Å². The Labute approximate surface area is 195 Å². The van der Waals surface area contributed by atoms with Gasteiger partial charge in [0.25, 0.3) is 0 Å². The molecule has 166 valence electrons. The standard InChI is InChI=1S/C25H19ClN2O5/c26-20-14-27-22(29)13-21(20)33-25(30)19-11-23(31-15-17-7-3-1-4-8-17)28-24(12-19)32-16-18-9-5-2-6-10-18/h1-14H,15-16H2,(H,27,29). The summed E-state index contributed by atoms with van der Waals surface area (Å²) in [5, 5.41) is 9.63. The second-order valence-electron chi connectivity index (χ2n) is 6.94. The molecule has 0 aliphatic rings. The summed E-state index contributed by atoms with van der Waals surface area (Å²) in [5.41, 5.74) is 2.03. The van der Waals surface area contributed by atoms with Gasteiger partial charge in [-0.3, -0.25) is 0 Å². The van der Waals surface area contributed by atoms with Gasteiger partial charge in [-0.15, -0.1) is 0 Å². The topological polar surface area (TPSA) is 90.8 Å². The number of pyridine rings is 2. The molecule has 7 nitrogen and oxygen atoms in total. The first kappa shape index (κ1) is 22.1. The highest BCUT2D eigenvalue weighted by Gasteiger charge is 2.16. The number of carbonyl (C=O) groups is 1. The molecule has 0 unspecified atom stereocenters. The number of aromatic hydroxyl groups is 1. The Kier molecular flexibility index (Phi) is 7.02. The summed E-state index contributed by atoms with van der Waals surface area (Å²) in [4.78, 5) is 20.8. The van der Waals surface area contributed by atoms with Crippen molar-refractivity contribution in [2.24, 2.45) is 0 Å². The van der Waals surface area contributed by atoms with Gasteiger partial charge in [0.2, 0.25) is 17.6 Å². The molecule has 0 aliphatic carbocycles. The van der Waals surface area contributed by atoms with Crippen molar-refractivity contribution in [2.45, 2.75) is 13.2 Å². The monoisotopic (exact) mass is 462 g/mol. The number of aromatic nitrogens is 2. The smallest absolute Gasteiger partial charge is 0.343 e. The Hall–Kier alpha value is -4.10. The zero-order valence-corrected chi connectivity index (χ0v) is 18.1. The summed E-state index contributed by atoms with van der Waals surface area (Å²) >= 11 is 6.01. The Morgan fingerprint density at radius 3 is 1.94 bits per heavy atom. The molecule has 33 heavy (non-hydrogen) atoms. The van der Waals surface area contributed by atoms with E-state index in [1.54, 1.807) is 0 Å². The van der Waals surface area contributed by atoms with Crippen LogP contribution in [0.2, 0.25) is 5.02 Å². The lowest BCUT2D eigenvalue weighted by molar-refractivity contribution is 0.0733. The first-order valence-corrected chi connectivity index (χ1v) is 10.4. The third kappa shape index (κ3) is 6.21. The van der Waals surface area contributed by atoms with E-state index in [-0.39, 0.29) is 47.2 Å². The molecule has 2 heterocycles. The SMILES string of the molecule is O=C(Oc1cc(O)ncc1Cl)c1cc(OCc2ccccc2)nc(OCc2ccccc2)c1. The first-order chi connectivity index (χ1) is 16.1. The highest BCUT2D eigenvalue weighted by atomic mass is 35.5. The van der Waals surface area contributed by atoms with E-state index in [0.29, 0.717) is 0 Å². The quantitative estimate of drug-likeness (QED) is 0.359. The van der Waals surface area contributed by atoms with Crippen LogP contribution in [-0.2, 0) is 13.2 Å². The Bertz CT molecular complexity index is 1170. The minimum absolute atomic E-state index is 0.0236. The molecular formula is C25H19ClN2O5. The summed E-state index contributed by atoms with van der Waals surface area (Å²) in [6, 6.07) is 23.2. The predicted molar refractivity (Wildman–Crippen MR) is 122 cm³/mol. The van der Waals surface area contributed by atoms with Gasteiger partial charge in [0.1, 0.15) is 18.2 Å². The van der Waals surface area contributed by atoms with Crippen LogP contribution in [0, 0.1) is 0 Å². The largest absolute Gasteiger partial charge is 0.493 e. The highest BCUT2D eigenvalue weighted by molar-refractivity contribution is 6.32. The van der Waals surface area contributed by atoms with Gasteiger partial charge >= 0.3 is 5.97 Å². The van der Waals surface area contributed by atoms with Gasteiger partial charge < -0.3 is 19.3 Å². The first-order valence-electron chi connectivity index (χ1n) is 9.99. The van der Waals surface area contributed by atoms with Crippen molar-refractivity contribution in [1.29, 1.82) is 0 Å². The van der Waals surface area contributed by atoms with E-state index in [9.17, 15) is 9.90 Å². The van der Waals surface area contributed by atoms with Crippen molar-refractivity contribution in [1.82, 2.24) is 9.97 Å². The third-order valence-electron chi connectivity index (χ3n) is 4.48. The van der Waals surface area contributed by atoms with Crippen LogP contribution < -0.4 is 14.2 Å². The molecule has 8 heteroatoms. The summed E-state index contributed by atoms with van der Waals surface area (Å²) in [6.07, 6.45) is 1.19. The molecule has 1 N–H and O–H groups in total. The number of nitrogens with zero attached hydrogens (tertiary/aromatic N) is 2. The summed E-state index contributed by atoms with van der Waals surface area (Å²) in [7, 11) is 0. The number of hydrogen-bond donors (Lipinski definition) is 1. The Morgan fingerprint density at radius 2 is 1.39 bits per heavy atom. The van der Waals surface area contributed by atoms with Crippen molar-refractivity contribution < 1.29 is 24.1 Å². The molecule has 0 saturated carbocycles. The molecule has 0 atom stereocenters. The average molecular weight is 463 g/mol. The summed E-state index contributed by atoms with van der Waals surface area (Å²) in [6.45, 7) is 0.517. The number of rotatable bonds is 8. The molecule has 0 spiro atoms. The molecular weight excluding hydrogens is 444 g/mol. The van der Waals surface area contributed by atoms with Gasteiger partial charge in [-0.25, -0.2) is 9.78 Å². The maximum Gasteiger partial charge on any atom is 0.343 e. The van der Waals surface area contributed by atoms with E-state index < -0.39 is 5.97 Å². The van der Waals surface area contributed by atoms with Gasteiger partial charge in [0.05, 0.1) is 11.8 Å². The molecule has 0 bridgehead atoms. The fourth-order valence-electron chi connectivity index (χ4n) is 2.86. The van der Waals surface area contributed by atoms with E-state index >= 15 is 0 Å². The Morgan fingerprint density at radius 1 is 0.848 bits per heavy atom. The lowest BCUT2D eigenvalue weighted by Crippen LogP contribution is -2.11. The maximum absolute atomic E-state index is 12.8. The number of carbonyl (C=O) groups excluding carboxylic acids is 1. The summed E-state index contributed by atoms with van der Waals surface area (Å²) < 4.78 is 16.9. The lowest BCUT2D eigenvalue weighted by atomic mass is 10.2. The summed E-state index contributed by atoms with van der Waals surface area (Å²) in [5.74, 6) is -0.681. The van der Waals surface area contributed by atoms with E-state index in [4.69, 9.17) is 25.8 Å². The minimum atomic E-state index is -0.723. The van der Waals surface area contributed by atoms with Crippen LogP contribution in [0.3, 0.4) is 0 Å². The Balaban J connectivity index is 1.56. The number of hydrogen-bond acceptors (Lipinski definition) is 7. The number of esters is 1. The average Bonchev–Trinajstić information content (AvgIpc) is 2.85. The molecule has 0 aliphatic heterocycles. The number of benzene rings is 2. The minimum Gasteiger partial charge on any atom is -0.493 e. The zero-order valence-electron chi connectivity index (χ0n) is 17.3. The van der Waals surface area contributed by atoms with Crippen LogP contribution in [0.1, 0.15) is 21.5 Å². The second kappa shape index (κ2) is 10.5. The second-order valence-corrected chi connectivity index (χ2v) is 7.35. The van der Waals surface area contributed by atoms with E-state index in [1.807, 2.05) is 60.7 Å². The molecule has 0 amide bonds. The molecule has 4 rings (SSSR count). The lowest BCUT2D eigenvalue weighted by Gasteiger charge is -2.12. The predicted octanol–water partition coefficient (Wildman–Crippen LogP) is 5.21. The van der Waals surface area contributed by atoms with Crippen molar-refractivity contribution in [2.75, 3.05) is 0 Å². The fraction of sp³-hybridized carbons (Fsp3) is 0.0800. The molecule has 0 fully saturated rings. The van der Waals surface area contributed by atoms with Crippen LogP contribution in [0.15, 0.2) is 85.1 Å². The van der Waals surface area contributed by atoms with Crippen molar-refractivity contribution in [3.05, 3.63) is 107 Å². The third-order valence-corrected chi connectivity index (χ3v) is 4.77. The van der Waals surface area contributed by atoms with E-state index in [0.717, 1.165) is 17.2 Å². The molecule has 4 aromatic rings. The van der Waals surface area contributed by atoms with Gasteiger partial charge in [-0.05, 0) is 11.1 Å². The van der Waals surface area contributed by atoms with Crippen LogP contribution >= 0.6 is 11.6 Å². The normalized spacial score (nSPS) is 10.5. The van der Waals surface area contributed by atoms with Crippen molar-refractivity contribution in [3.8, 4) is 23.4 Å². The molecule has 2 aromatic heterocycles. The highest BCUT2D eigenvalue weighted by Crippen LogP contribution is 2.28. The maximum atomic E-state index is 12.8. The van der Waals surface area contributed by atoms with Gasteiger partial charge in [0.15, 0.2) is 5.75 Å². The van der Waals surface area contributed by atoms with Crippen LogP contribution in [0.4, 0.5) is 0 Å². The van der Waals surface area contributed by atoms with Gasteiger partial charge in [-0.1, -0.05) is 72.3 Å². The zero-order chi connectivity index (χ0) is 23.0. The number of ether oxygens (including phenoxy) is 3. The van der Waals surface area contributed by atoms with Crippen LogP contribution in [0.5, 0.6) is 23.4 Å². The number of halogens is 1. The van der Waals surface area contributed by atoms with Gasteiger partial charge in [0, 0.05) is 18.2 Å².